The number of carboxylic acids is 1. The molecule has 90 valence electrons. The maximum absolute atomic E-state index is 11.2. The number of hydrogen-bond donors (Lipinski definition) is 1. The molecule has 1 aliphatic carbocycles. The molecule has 0 unspecified atom stereocenters. The van der Waals surface area contributed by atoms with Gasteiger partial charge in [0.25, 0.3) is 0 Å². The zero-order valence-electron chi connectivity index (χ0n) is 9.76. The lowest BCUT2D eigenvalue weighted by Crippen LogP contribution is -2.18. The summed E-state index contributed by atoms with van der Waals surface area (Å²) in [6.45, 7) is 2.64. The molecule has 2 aromatic rings. The molecule has 5 heteroatoms. The predicted molar refractivity (Wildman–Crippen MR) is 62.2 cm³/mol. The number of carbonyl (C=O) groups is 1. The smallest absolute Gasteiger partial charge is 0.341 e. The highest BCUT2D eigenvalue weighted by Crippen LogP contribution is 2.29. The molecule has 3 rings (SSSR count). The van der Waals surface area contributed by atoms with Gasteiger partial charge in [-0.1, -0.05) is 6.42 Å². The predicted octanol–water partition coefficient (Wildman–Crippen LogP) is 1.94. The van der Waals surface area contributed by atoms with Gasteiger partial charge in [-0.3, -0.25) is 0 Å². The van der Waals surface area contributed by atoms with E-state index in [2.05, 4.69) is 5.10 Å². The first-order valence-electron chi connectivity index (χ1n) is 5.94. The molecule has 2 heterocycles. The van der Waals surface area contributed by atoms with Gasteiger partial charge >= 0.3 is 5.97 Å². The summed E-state index contributed by atoms with van der Waals surface area (Å²) < 4.78 is 3.69. The largest absolute Gasteiger partial charge is 0.477 e. The minimum atomic E-state index is -0.897. The third-order valence-corrected chi connectivity index (χ3v) is 3.61. The average Bonchev–Trinajstić information content (AvgIpc) is 2.69. The van der Waals surface area contributed by atoms with E-state index in [4.69, 9.17) is 0 Å². The molecule has 1 aliphatic rings. The highest BCUT2D eigenvalue weighted by Gasteiger charge is 2.23. The highest BCUT2D eigenvalue weighted by atomic mass is 16.4. The summed E-state index contributed by atoms with van der Waals surface area (Å²) in [5.41, 5.74) is 1.62. The Morgan fingerprint density at radius 2 is 2.29 bits per heavy atom. The van der Waals surface area contributed by atoms with Crippen LogP contribution < -0.4 is 0 Å². The molecular formula is C12H15N3O2. The number of aryl methyl sites for hydroxylation is 1. The van der Waals surface area contributed by atoms with E-state index in [1.807, 2.05) is 17.0 Å². The van der Waals surface area contributed by atoms with E-state index in [1.54, 1.807) is 11.4 Å². The SMILES string of the molecule is Cc1nn2ccn(CC3CCC3)c2c1C(=O)O. The number of carboxylic acid groups (broad SMARTS) is 1. The van der Waals surface area contributed by atoms with Gasteiger partial charge in [0.1, 0.15) is 5.56 Å². The average molecular weight is 233 g/mol. The Kier molecular flexibility index (Phi) is 2.21. The Hall–Kier alpha value is -1.78. The summed E-state index contributed by atoms with van der Waals surface area (Å²) in [6, 6.07) is 0. The highest BCUT2D eigenvalue weighted by molar-refractivity contribution is 5.95. The fourth-order valence-corrected chi connectivity index (χ4v) is 2.48. The molecule has 0 bridgehead atoms. The minimum Gasteiger partial charge on any atom is -0.477 e. The number of fused-ring (bicyclic) bond motifs is 1. The number of nitrogens with zero attached hydrogens (tertiary/aromatic N) is 3. The third-order valence-electron chi connectivity index (χ3n) is 3.61. The van der Waals surface area contributed by atoms with Crippen LogP contribution >= 0.6 is 0 Å². The van der Waals surface area contributed by atoms with E-state index >= 15 is 0 Å². The number of aromatic carboxylic acids is 1. The van der Waals surface area contributed by atoms with Crippen molar-refractivity contribution >= 4 is 11.6 Å². The minimum absolute atomic E-state index is 0.328. The van der Waals surface area contributed by atoms with Crippen LogP contribution in [0.5, 0.6) is 0 Å². The van der Waals surface area contributed by atoms with Crippen LogP contribution in [0.1, 0.15) is 35.3 Å². The Labute approximate surface area is 98.7 Å². The van der Waals surface area contributed by atoms with Gasteiger partial charge in [-0.2, -0.15) is 5.10 Å². The van der Waals surface area contributed by atoms with Gasteiger partial charge in [0, 0.05) is 18.9 Å². The molecule has 0 amide bonds. The third kappa shape index (κ3) is 1.53. The van der Waals surface area contributed by atoms with Crippen LogP contribution in [-0.2, 0) is 6.54 Å². The van der Waals surface area contributed by atoms with Crippen molar-refractivity contribution < 1.29 is 9.90 Å². The van der Waals surface area contributed by atoms with Crippen molar-refractivity contribution in [2.45, 2.75) is 32.7 Å². The van der Waals surface area contributed by atoms with Crippen molar-refractivity contribution in [3.05, 3.63) is 23.7 Å². The van der Waals surface area contributed by atoms with Gasteiger partial charge in [-0.15, -0.1) is 0 Å². The van der Waals surface area contributed by atoms with Crippen LogP contribution in [0, 0.1) is 12.8 Å². The summed E-state index contributed by atoms with van der Waals surface area (Å²) in [5.74, 6) is -0.200. The lowest BCUT2D eigenvalue weighted by molar-refractivity contribution is 0.0697. The van der Waals surface area contributed by atoms with Crippen LogP contribution in [0.15, 0.2) is 12.4 Å². The molecule has 1 fully saturated rings. The quantitative estimate of drug-likeness (QED) is 0.881. The topological polar surface area (TPSA) is 59.5 Å². The Morgan fingerprint density at radius 3 is 2.88 bits per heavy atom. The normalized spacial score (nSPS) is 16.3. The summed E-state index contributed by atoms with van der Waals surface area (Å²) in [7, 11) is 0. The molecule has 1 saturated carbocycles. The molecule has 2 aromatic heterocycles. The molecule has 0 radical (unpaired) electrons. The number of imidazole rings is 1. The van der Waals surface area contributed by atoms with Gasteiger partial charge in [0.15, 0.2) is 5.65 Å². The summed E-state index contributed by atoms with van der Waals surface area (Å²) in [4.78, 5) is 11.2. The van der Waals surface area contributed by atoms with Crippen molar-refractivity contribution in [1.29, 1.82) is 0 Å². The standard InChI is InChI=1S/C12H15N3O2/c1-8-10(12(16)17)11-14(5-6-15(11)13-8)7-9-3-2-4-9/h5-6,9H,2-4,7H2,1H3,(H,16,17). The van der Waals surface area contributed by atoms with Crippen LogP contribution in [0.4, 0.5) is 0 Å². The molecule has 0 spiro atoms. The molecule has 5 nitrogen and oxygen atoms in total. The second-order valence-electron chi connectivity index (χ2n) is 4.78. The van der Waals surface area contributed by atoms with Gasteiger partial charge in [0.05, 0.1) is 5.69 Å². The van der Waals surface area contributed by atoms with Crippen molar-refractivity contribution in [1.82, 2.24) is 14.2 Å². The van der Waals surface area contributed by atoms with Gasteiger partial charge < -0.3 is 9.67 Å². The van der Waals surface area contributed by atoms with Crippen LogP contribution in [-0.4, -0.2) is 25.3 Å². The number of aromatic nitrogens is 3. The molecule has 0 atom stereocenters. The number of hydrogen-bond acceptors (Lipinski definition) is 2. The number of rotatable bonds is 3. The van der Waals surface area contributed by atoms with E-state index in [-0.39, 0.29) is 0 Å². The maximum atomic E-state index is 11.2. The summed E-state index contributed by atoms with van der Waals surface area (Å²) >= 11 is 0. The maximum Gasteiger partial charge on any atom is 0.341 e. The summed E-state index contributed by atoms with van der Waals surface area (Å²) in [5, 5.41) is 13.5. The fourth-order valence-electron chi connectivity index (χ4n) is 2.48. The van der Waals surface area contributed by atoms with Gasteiger partial charge in [-0.25, -0.2) is 9.31 Å². The van der Waals surface area contributed by atoms with Crippen molar-refractivity contribution in [3.63, 3.8) is 0 Å². The lowest BCUT2D eigenvalue weighted by Gasteiger charge is -2.25. The second kappa shape index (κ2) is 3.61. The van der Waals surface area contributed by atoms with E-state index in [9.17, 15) is 9.90 Å². The van der Waals surface area contributed by atoms with Crippen LogP contribution in [0.25, 0.3) is 5.65 Å². The van der Waals surface area contributed by atoms with Crippen LogP contribution in [0.3, 0.4) is 0 Å². The van der Waals surface area contributed by atoms with Crippen molar-refractivity contribution in [3.8, 4) is 0 Å². The van der Waals surface area contributed by atoms with E-state index in [1.165, 1.54) is 19.3 Å². The zero-order chi connectivity index (χ0) is 12.0. The first kappa shape index (κ1) is 10.4. The fraction of sp³-hybridized carbons (Fsp3) is 0.500. The van der Waals surface area contributed by atoms with E-state index in [0.717, 1.165) is 6.54 Å². The summed E-state index contributed by atoms with van der Waals surface area (Å²) in [6.07, 6.45) is 7.55. The molecule has 0 saturated heterocycles. The van der Waals surface area contributed by atoms with Crippen molar-refractivity contribution in [2.24, 2.45) is 5.92 Å². The zero-order valence-corrected chi connectivity index (χ0v) is 9.76. The van der Waals surface area contributed by atoms with E-state index < -0.39 is 5.97 Å². The van der Waals surface area contributed by atoms with Crippen molar-refractivity contribution in [2.75, 3.05) is 0 Å². The van der Waals surface area contributed by atoms with Gasteiger partial charge in [-0.05, 0) is 25.7 Å². The first-order valence-corrected chi connectivity index (χ1v) is 5.94. The molecule has 0 aromatic carbocycles. The monoisotopic (exact) mass is 233 g/mol. The molecule has 0 aliphatic heterocycles. The second-order valence-corrected chi connectivity index (χ2v) is 4.78. The van der Waals surface area contributed by atoms with E-state index in [0.29, 0.717) is 22.8 Å². The Morgan fingerprint density at radius 1 is 1.53 bits per heavy atom. The molecule has 17 heavy (non-hydrogen) atoms. The molecule has 1 N–H and O–H groups in total. The van der Waals surface area contributed by atoms with Crippen LogP contribution in [0.2, 0.25) is 0 Å². The lowest BCUT2D eigenvalue weighted by atomic mass is 9.85. The van der Waals surface area contributed by atoms with Gasteiger partial charge in [0.2, 0.25) is 0 Å². The first-order chi connectivity index (χ1) is 8.16. The molecular weight excluding hydrogens is 218 g/mol. The Balaban J connectivity index is 2.08. The Bertz CT molecular complexity index is 578.